The molecular formula is C30H18BNS. The topological polar surface area (TPSA) is 4.93 Å². The lowest BCUT2D eigenvalue weighted by atomic mass is 9.35. The molecule has 0 fully saturated rings. The lowest BCUT2D eigenvalue weighted by Crippen LogP contribution is -2.58. The van der Waals surface area contributed by atoms with Crippen LogP contribution in [0.1, 0.15) is 0 Å². The third kappa shape index (κ3) is 2.30. The molecule has 2 aliphatic heterocycles. The average Bonchev–Trinajstić information content (AvgIpc) is 3.22. The molecule has 2 aliphatic rings. The van der Waals surface area contributed by atoms with Gasteiger partial charge in [0.1, 0.15) is 0 Å². The molecule has 3 heterocycles. The zero-order valence-corrected chi connectivity index (χ0v) is 18.6. The Morgan fingerprint density at radius 3 is 2.27 bits per heavy atom. The lowest BCUT2D eigenvalue weighted by molar-refractivity contribution is 1.17. The molecule has 0 saturated carbocycles. The first-order valence-electron chi connectivity index (χ1n) is 11.4. The third-order valence-electron chi connectivity index (χ3n) is 7.24. The number of hydrogen-bond acceptors (Lipinski definition) is 1. The number of hydrogen-bond donors (Lipinski definition) is 0. The molecule has 3 heteroatoms. The van der Waals surface area contributed by atoms with E-state index in [-0.39, 0.29) is 6.71 Å². The summed E-state index contributed by atoms with van der Waals surface area (Å²) in [6.45, 7) is 0.262. The van der Waals surface area contributed by atoms with E-state index in [1.54, 1.807) is 0 Å². The second-order valence-corrected chi connectivity index (χ2v) is 10.0. The molecule has 0 N–H and O–H groups in total. The van der Waals surface area contributed by atoms with Gasteiger partial charge in [0.15, 0.2) is 0 Å². The molecule has 33 heavy (non-hydrogen) atoms. The summed E-state index contributed by atoms with van der Waals surface area (Å²) in [6.07, 6.45) is 0. The van der Waals surface area contributed by atoms with E-state index in [1.165, 1.54) is 64.8 Å². The standard InChI is InChI=1S/C30H18BNS/c1-2-9-19(10-3-1)20-17-26-29-28(18-20)33-27-16-7-5-13-23(27)31(29)24-14-8-12-22-21-11-4-6-15-25(21)32(26)30(22)24/h1-18H. The molecule has 152 valence electrons. The van der Waals surface area contributed by atoms with Crippen LogP contribution in [0, 0.1) is 0 Å². The average molecular weight is 435 g/mol. The van der Waals surface area contributed by atoms with E-state index in [1.807, 2.05) is 11.8 Å². The Hall–Kier alpha value is -3.69. The van der Waals surface area contributed by atoms with Gasteiger partial charge in [-0.3, -0.25) is 0 Å². The highest BCUT2D eigenvalue weighted by Crippen LogP contribution is 2.40. The number of para-hydroxylation sites is 2. The Morgan fingerprint density at radius 1 is 0.576 bits per heavy atom. The molecule has 1 aromatic heterocycles. The first-order valence-corrected chi connectivity index (χ1v) is 12.2. The quantitative estimate of drug-likeness (QED) is 0.298. The molecule has 6 aromatic rings. The van der Waals surface area contributed by atoms with Crippen LogP contribution in [-0.2, 0) is 0 Å². The van der Waals surface area contributed by atoms with E-state index in [2.05, 4.69) is 114 Å². The van der Waals surface area contributed by atoms with Crippen molar-refractivity contribution in [3.63, 3.8) is 0 Å². The molecule has 0 spiro atoms. The molecule has 0 saturated heterocycles. The van der Waals surface area contributed by atoms with Gasteiger partial charge in [-0.15, -0.1) is 0 Å². The van der Waals surface area contributed by atoms with Crippen LogP contribution in [0.25, 0.3) is 38.6 Å². The Bertz CT molecular complexity index is 1750. The number of rotatable bonds is 1. The summed E-state index contributed by atoms with van der Waals surface area (Å²) in [5.74, 6) is 0. The van der Waals surface area contributed by atoms with Crippen LogP contribution in [-0.4, -0.2) is 11.3 Å². The maximum absolute atomic E-state index is 2.52. The summed E-state index contributed by atoms with van der Waals surface area (Å²) < 4.78 is 2.52. The molecule has 5 aromatic carbocycles. The summed E-state index contributed by atoms with van der Waals surface area (Å²) >= 11 is 1.92. The fourth-order valence-corrected chi connectivity index (χ4v) is 7.11. The van der Waals surface area contributed by atoms with Gasteiger partial charge >= 0.3 is 0 Å². The molecule has 0 radical (unpaired) electrons. The van der Waals surface area contributed by atoms with Crippen LogP contribution in [0.2, 0.25) is 0 Å². The summed E-state index contributed by atoms with van der Waals surface area (Å²) in [7, 11) is 0. The molecular weight excluding hydrogens is 417 g/mol. The molecule has 0 amide bonds. The van der Waals surface area contributed by atoms with Crippen molar-refractivity contribution < 1.29 is 0 Å². The van der Waals surface area contributed by atoms with Crippen molar-refractivity contribution >= 4 is 56.7 Å². The third-order valence-corrected chi connectivity index (χ3v) is 8.39. The van der Waals surface area contributed by atoms with Gasteiger partial charge < -0.3 is 4.57 Å². The zero-order chi connectivity index (χ0) is 21.5. The van der Waals surface area contributed by atoms with Crippen LogP contribution in [0.5, 0.6) is 0 Å². The van der Waals surface area contributed by atoms with Crippen LogP contribution >= 0.6 is 11.8 Å². The van der Waals surface area contributed by atoms with Crippen molar-refractivity contribution in [1.29, 1.82) is 0 Å². The number of aromatic nitrogens is 1. The normalized spacial score (nSPS) is 13.3. The molecule has 8 rings (SSSR count). The van der Waals surface area contributed by atoms with Gasteiger partial charge in [-0.05, 0) is 46.3 Å². The maximum atomic E-state index is 2.52. The van der Waals surface area contributed by atoms with E-state index in [4.69, 9.17) is 0 Å². The van der Waals surface area contributed by atoms with Gasteiger partial charge in [0.2, 0.25) is 6.71 Å². The van der Waals surface area contributed by atoms with E-state index in [9.17, 15) is 0 Å². The van der Waals surface area contributed by atoms with Crippen molar-refractivity contribution in [1.82, 2.24) is 4.57 Å². The predicted molar refractivity (Wildman–Crippen MR) is 141 cm³/mol. The van der Waals surface area contributed by atoms with Gasteiger partial charge in [-0.25, -0.2) is 0 Å². The highest BCUT2D eigenvalue weighted by molar-refractivity contribution is 8.00. The largest absolute Gasteiger partial charge is 0.310 e. The molecule has 0 bridgehead atoms. The minimum Gasteiger partial charge on any atom is -0.310 e. The van der Waals surface area contributed by atoms with Gasteiger partial charge in [-0.1, -0.05) is 102 Å². The first kappa shape index (κ1) is 17.8. The molecule has 0 atom stereocenters. The Labute approximate surface area is 196 Å². The van der Waals surface area contributed by atoms with E-state index >= 15 is 0 Å². The fourth-order valence-electron chi connectivity index (χ4n) is 5.91. The van der Waals surface area contributed by atoms with Gasteiger partial charge in [0.05, 0.1) is 5.52 Å². The number of benzene rings is 5. The van der Waals surface area contributed by atoms with Gasteiger partial charge in [-0.2, -0.15) is 0 Å². The van der Waals surface area contributed by atoms with Crippen molar-refractivity contribution in [3.8, 4) is 16.8 Å². The SMILES string of the molecule is c1ccc(-c2cc3c4c(c2)-n2c5ccccc5c5cccc(c52)B4c2ccccc2S3)cc1. The number of nitrogens with zero attached hydrogens (tertiary/aromatic N) is 1. The Kier molecular flexibility index (Phi) is 3.47. The van der Waals surface area contributed by atoms with Gasteiger partial charge in [0, 0.05) is 31.8 Å². The van der Waals surface area contributed by atoms with Crippen LogP contribution < -0.4 is 16.4 Å². The summed E-state index contributed by atoms with van der Waals surface area (Å²) in [5.41, 5.74) is 10.8. The molecule has 0 aliphatic carbocycles. The summed E-state index contributed by atoms with van der Waals surface area (Å²) in [5, 5.41) is 2.67. The second-order valence-electron chi connectivity index (χ2n) is 8.94. The minimum atomic E-state index is 0.262. The van der Waals surface area contributed by atoms with Crippen LogP contribution in [0.15, 0.2) is 119 Å². The van der Waals surface area contributed by atoms with Crippen molar-refractivity contribution in [2.45, 2.75) is 9.79 Å². The highest BCUT2D eigenvalue weighted by atomic mass is 32.2. The minimum absolute atomic E-state index is 0.262. The van der Waals surface area contributed by atoms with Crippen molar-refractivity contribution in [2.24, 2.45) is 0 Å². The molecule has 0 unspecified atom stereocenters. The van der Waals surface area contributed by atoms with Gasteiger partial charge in [0.25, 0.3) is 0 Å². The van der Waals surface area contributed by atoms with Crippen molar-refractivity contribution in [2.75, 3.05) is 0 Å². The number of fused-ring (bicyclic) bond motifs is 7. The lowest BCUT2D eigenvalue weighted by Gasteiger charge is -2.33. The monoisotopic (exact) mass is 435 g/mol. The van der Waals surface area contributed by atoms with E-state index in [0.29, 0.717) is 0 Å². The van der Waals surface area contributed by atoms with Crippen molar-refractivity contribution in [3.05, 3.63) is 109 Å². The summed E-state index contributed by atoms with van der Waals surface area (Å²) in [4.78, 5) is 2.74. The predicted octanol–water partition coefficient (Wildman–Crippen LogP) is 5.74. The van der Waals surface area contributed by atoms with E-state index in [0.717, 1.165) is 0 Å². The van der Waals surface area contributed by atoms with Crippen LogP contribution in [0.4, 0.5) is 0 Å². The maximum Gasteiger partial charge on any atom is 0.249 e. The smallest absolute Gasteiger partial charge is 0.249 e. The highest BCUT2D eigenvalue weighted by Gasteiger charge is 2.39. The molecule has 1 nitrogen and oxygen atoms in total. The first-order chi connectivity index (χ1) is 16.4. The summed E-state index contributed by atoms with van der Waals surface area (Å²) in [6, 6.07) is 40.3. The Morgan fingerprint density at radius 2 is 1.33 bits per heavy atom. The van der Waals surface area contributed by atoms with E-state index < -0.39 is 0 Å². The fraction of sp³-hybridized carbons (Fsp3) is 0. The zero-order valence-electron chi connectivity index (χ0n) is 17.8. The second kappa shape index (κ2) is 6.43. The van der Waals surface area contributed by atoms with Crippen LogP contribution in [0.3, 0.4) is 0 Å². The Balaban J connectivity index is 1.58.